The average molecular weight is 369 g/mol. The summed E-state index contributed by atoms with van der Waals surface area (Å²) in [5.74, 6) is -1.35. The van der Waals surface area contributed by atoms with Gasteiger partial charge in [-0.05, 0) is 42.9 Å². The number of Topliss-reactive ketones (excluding diaryl/α,β-unsaturated/α-hetero) is 1. The molecule has 5 nitrogen and oxygen atoms in total. The fourth-order valence-corrected chi connectivity index (χ4v) is 4.12. The van der Waals surface area contributed by atoms with Crippen LogP contribution in [0.4, 0.5) is 0 Å². The number of phenolic OH excluding ortho intramolecular Hbond substituents is 1. The molecule has 1 aliphatic carbocycles. The molecule has 5 heteroatoms. The lowest BCUT2D eigenvalue weighted by molar-refractivity contribution is -0.146. The van der Waals surface area contributed by atoms with Crippen LogP contribution in [0, 0.1) is 11.3 Å². The van der Waals surface area contributed by atoms with E-state index in [0.717, 1.165) is 17.7 Å². The quantitative estimate of drug-likeness (QED) is 0.809. The maximum absolute atomic E-state index is 13.1. The van der Waals surface area contributed by atoms with Gasteiger partial charge in [0.05, 0.1) is 6.61 Å². The Kier molecular flexibility index (Phi) is 5.22. The summed E-state index contributed by atoms with van der Waals surface area (Å²) in [4.78, 5) is 30.6. The van der Waals surface area contributed by atoms with Crippen molar-refractivity contribution in [3.63, 3.8) is 0 Å². The fourth-order valence-electron chi connectivity index (χ4n) is 4.12. The van der Waals surface area contributed by atoms with Gasteiger partial charge in [0.25, 0.3) is 0 Å². The number of allylic oxidation sites excluding steroid dienone is 2. The monoisotopic (exact) mass is 369 g/mol. The maximum Gasteiger partial charge on any atom is 0.315 e. The lowest BCUT2D eigenvalue weighted by Crippen LogP contribution is -2.39. The molecule has 1 aromatic rings. The lowest BCUT2D eigenvalue weighted by atomic mass is 9.67. The van der Waals surface area contributed by atoms with Crippen molar-refractivity contribution in [1.29, 1.82) is 0 Å². The van der Waals surface area contributed by atoms with Crippen molar-refractivity contribution in [1.82, 2.24) is 0 Å². The van der Waals surface area contributed by atoms with E-state index in [-0.39, 0.29) is 22.9 Å². The zero-order chi connectivity index (χ0) is 19.8. The van der Waals surface area contributed by atoms with Crippen LogP contribution in [0.3, 0.4) is 0 Å². The van der Waals surface area contributed by atoms with E-state index in [1.54, 1.807) is 18.2 Å². The molecule has 0 bridgehead atoms. The van der Waals surface area contributed by atoms with Gasteiger partial charge in [0.1, 0.15) is 11.7 Å². The standard InChI is InChI=1S/C22H27NO4/c1-5-9-27-21(26)18-13(2)23-16-11-22(3,4)12-17(25)20(16)19(18)14-7-6-8-15(24)10-14/h6-8,10,18-19,24H,5,9,11-12H2,1-4H3/t18?,19-/m0/s1. The maximum atomic E-state index is 13.1. The first-order valence-corrected chi connectivity index (χ1v) is 9.50. The van der Waals surface area contributed by atoms with Crippen molar-refractivity contribution in [3.05, 3.63) is 41.1 Å². The molecule has 0 aromatic heterocycles. The van der Waals surface area contributed by atoms with Gasteiger partial charge in [0, 0.05) is 29.3 Å². The van der Waals surface area contributed by atoms with E-state index in [9.17, 15) is 14.7 Å². The highest BCUT2D eigenvalue weighted by molar-refractivity contribution is 6.09. The van der Waals surface area contributed by atoms with E-state index in [0.29, 0.717) is 30.7 Å². The number of phenols is 1. The van der Waals surface area contributed by atoms with Crippen LogP contribution < -0.4 is 0 Å². The first-order valence-electron chi connectivity index (χ1n) is 9.50. The third-order valence-corrected chi connectivity index (χ3v) is 5.23. The molecule has 144 valence electrons. The number of hydrogen-bond donors (Lipinski definition) is 1. The summed E-state index contributed by atoms with van der Waals surface area (Å²) >= 11 is 0. The van der Waals surface area contributed by atoms with E-state index in [2.05, 4.69) is 18.8 Å². The largest absolute Gasteiger partial charge is 0.508 e. The number of benzene rings is 1. The smallest absolute Gasteiger partial charge is 0.315 e. The molecule has 0 spiro atoms. The molecule has 1 unspecified atom stereocenters. The number of aliphatic imine (C=N–C) groups is 1. The van der Waals surface area contributed by atoms with Crippen LogP contribution in [-0.2, 0) is 14.3 Å². The summed E-state index contributed by atoms with van der Waals surface area (Å²) < 4.78 is 5.42. The van der Waals surface area contributed by atoms with Crippen molar-refractivity contribution in [2.75, 3.05) is 6.61 Å². The lowest BCUT2D eigenvalue weighted by Gasteiger charge is -2.39. The zero-order valence-corrected chi connectivity index (χ0v) is 16.4. The minimum absolute atomic E-state index is 0.0270. The van der Waals surface area contributed by atoms with Crippen LogP contribution in [-0.4, -0.2) is 29.2 Å². The first-order chi connectivity index (χ1) is 12.7. The van der Waals surface area contributed by atoms with Crippen molar-refractivity contribution in [2.45, 2.75) is 52.9 Å². The van der Waals surface area contributed by atoms with E-state index in [1.807, 2.05) is 19.9 Å². The second kappa shape index (κ2) is 7.29. The van der Waals surface area contributed by atoms with Gasteiger partial charge in [-0.3, -0.25) is 14.6 Å². The molecule has 1 aromatic carbocycles. The number of rotatable bonds is 4. The molecule has 2 aliphatic rings. The summed E-state index contributed by atoms with van der Waals surface area (Å²) in [6.07, 6.45) is 1.84. The van der Waals surface area contributed by atoms with E-state index < -0.39 is 11.8 Å². The van der Waals surface area contributed by atoms with Crippen LogP contribution in [0.2, 0.25) is 0 Å². The zero-order valence-electron chi connectivity index (χ0n) is 16.4. The number of esters is 1. The van der Waals surface area contributed by atoms with Gasteiger partial charge in [-0.2, -0.15) is 0 Å². The molecule has 1 aliphatic heterocycles. The van der Waals surface area contributed by atoms with Crippen LogP contribution in [0.5, 0.6) is 5.75 Å². The van der Waals surface area contributed by atoms with Crippen molar-refractivity contribution >= 4 is 17.5 Å². The Labute approximate surface area is 160 Å². The molecule has 0 radical (unpaired) electrons. The molecule has 27 heavy (non-hydrogen) atoms. The fraction of sp³-hybridized carbons (Fsp3) is 0.500. The normalized spacial score (nSPS) is 24.3. The topological polar surface area (TPSA) is 76.0 Å². The first kappa shape index (κ1) is 19.3. The van der Waals surface area contributed by atoms with Gasteiger partial charge in [0.15, 0.2) is 5.78 Å². The Hall–Kier alpha value is -2.43. The van der Waals surface area contributed by atoms with Gasteiger partial charge in [-0.25, -0.2) is 0 Å². The van der Waals surface area contributed by atoms with Crippen LogP contribution in [0.15, 0.2) is 40.5 Å². The highest BCUT2D eigenvalue weighted by Crippen LogP contribution is 2.48. The minimum Gasteiger partial charge on any atom is -0.508 e. The highest BCUT2D eigenvalue weighted by Gasteiger charge is 2.46. The molecule has 3 rings (SSSR count). The Morgan fingerprint density at radius 2 is 2.07 bits per heavy atom. The SMILES string of the molecule is CCCOC(=O)C1C(C)=NC2=C(C(=O)CC(C)(C)C2)[C@H]1c1cccc(O)c1. The Morgan fingerprint density at radius 3 is 2.74 bits per heavy atom. The summed E-state index contributed by atoms with van der Waals surface area (Å²) in [7, 11) is 0. The van der Waals surface area contributed by atoms with Gasteiger partial charge >= 0.3 is 5.97 Å². The third-order valence-electron chi connectivity index (χ3n) is 5.23. The summed E-state index contributed by atoms with van der Waals surface area (Å²) in [5.41, 5.74) is 2.61. The van der Waals surface area contributed by atoms with Gasteiger partial charge < -0.3 is 9.84 Å². The van der Waals surface area contributed by atoms with Gasteiger partial charge in [-0.1, -0.05) is 32.9 Å². The van der Waals surface area contributed by atoms with Crippen LogP contribution in [0.25, 0.3) is 0 Å². The van der Waals surface area contributed by atoms with Gasteiger partial charge in [-0.15, -0.1) is 0 Å². The molecular formula is C22H27NO4. The number of aromatic hydroxyl groups is 1. The second-order valence-corrected chi connectivity index (χ2v) is 8.27. The van der Waals surface area contributed by atoms with E-state index >= 15 is 0 Å². The molecule has 2 atom stereocenters. The molecule has 0 saturated heterocycles. The van der Waals surface area contributed by atoms with E-state index in [1.165, 1.54) is 0 Å². The number of nitrogens with zero attached hydrogens (tertiary/aromatic N) is 1. The Morgan fingerprint density at radius 1 is 1.33 bits per heavy atom. The molecular weight excluding hydrogens is 342 g/mol. The molecule has 1 heterocycles. The molecule has 0 amide bonds. The van der Waals surface area contributed by atoms with Crippen molar-refractivity contribution in [2.24, 2.45) is 16.3 Å². The van der Waals surface area contributed by atoms with E-state index in [4.69, 9.17) is 4.74 Å². The predicted molar refractivity (Wildman–Crippen MR) is 104 cm³/mol. The highest BCUT2D eigenvalue weighted by atomic mass is 16.5. The summed E-state index contributed by atoms with van der Waals surface area (Å²) in [6.45, 7) is 8.22. The Bertz CT molecular complexity index is 834. The second-order valence-electron chi connectivity index (χ2n) is 8.27. The van der Waals surface area contributed by atoms with Crippen LogP contribution in [0.1, 0.15) is 58.4 Å². The van der Waals surface area contributed by atoms with Gasteiger partial charge in [0.2, 0.25) is 0 Å². The number of carbonyl (C=O) groups excluding carboxylic acids is 2. The Balaban J connectivity index is 2.13. The third kappa shape index (κ3) is 3.82. The summed E-state index contributed by atoms with van der Waals surface area (Å²) in [5, 5.41) is 9.97. The predicted octanol–water partition coefficient (Wildman–Crippen LogP) is 4.16. The molecule has 1 N–H and O–H groups in total. The number of hydrogen-bond acceptors (Lipinski definition) is 5. The number of carbonyl (C=O) groups is 2. The minimum atomic E-state index is -0.651. The average Bonchev–Trinajstić information content (AvgIpc) is 2.57. The molecule has 0 fully saturated rings. The van der Waals surface area contributed by atoms with Crippen LogP contribution >= 0.6 is 0 Å². The van der Waals surface area contributed by atoms with Crippen molar-refractivity contribution in [3.8, 4) is 5.75 Å². The number of ether oxygens (including phenoxy) is 1. The number of ketones is 1. The molecule has 0 saturated carbocycles. The summed E-state index contributed by atoms with van der Waals surface area (Å²) in [6, 6.07) is 6.79. The van der Waals surface area contributed by atoms with Crippen molar-refractivity contribution < 1.29 is 19.4 Å².